The first-order valence-electron chi connectivity index (χ1n) is 10.5. The predicted octanol–water partition coefficient (Wildman–Crippen LogP) is 5.53. The van der Waals surface area contributed by atoms with E-state index in [9.17, 15) is 25.2 Å². The molecule has 0 saturated carbocycles. The SMILES string of the molecule is COc1c(-c2ccccc2O)oc2c(C/C=C(\C)CCC=C(C)C)c(O)c(O)c(O)c2c1=O. The van der Waals surface area contributed by atoms with Crippen molar-refractivity contribution in [2.45, 2.75) is 40.0 Å². The third-order valence-corrected chi connectivity index (χ3v) is 5.41. The zero-order valence-electron chi connectivity index (χ0n) is 19.1. The van der Waals surface area contributed by atoms with Gasteiger partial charge in [0, 0.05) is 5.56 Å². The van der Waals surface area contributed by atoms with Gasteiger partial charge in [-0.05, 0) is 52.2 Å². The number of rotatable bonds is 7. The highest BCUT2D eigenvalue weighted by Gasteiger charge is 2.27. The first-order valence-corrected chi connectivity index (χ1v) is 10.5. The maximum Gasteiger partial charge on any atom is 0.239 e. The van der Waals surface area contributed by atoms with E-state index in [1.165, 1.54) is 18.7 Å². The molecule has 0 atom stereocenters. The summed E-state index contributed by atoms with van der Waals surface area (Å²) in [7, 11) is 1.26. The number of methoxy groups -OCH3 is 1. The number of benzene rings is 2. The molecule has 0 spiro atoms. The van der Waals surface area contributed by atoms with E-state index >= 15 is 0 Å². The van der Waals surface area contributed by atoms with E-state index in [4.69, 9.17) is 9.15 Å². The quantitative estimate of drug-likeness (QED) is 0.275. The van der Waals surface area contributed by atoms with Crippen LogP contribution in [-0.4, -0.2) is 27.5 Å². The van der Waals surface area contributed by atoms with Crippen LogP contribution in [0.3, 0.4) is 0 Å². The highest BCUT2D eigenvalue weighted by atomic mass is 16.5. The topological polar surface area (TPSA) is 120 Å². The van der Waals surface area contributed by atoms with Crippen LogP contribution in [0.4, 0.5) is 0 Å². The largest absolute Gasteiger partial charge is 0.507 e. The van der Waals surface area contributed by atoms with Gasteiger partial charge in [-0.3, -0.25) is 4.79 Å². The number of phenols is 4. The van der Waals surface area contributed by atoms with E-state index in [2.05, 4.69) is 6.08 Å². The molecule has 3 rings (SSSR count). The number of phenolic OH excluding ortho intramolecular Hbond substituents is 4. The predicted molar refractivity (Wildman–Crippen MR) is 127 cm³/mol. The Morgan fingerprint density at radius 1 is 1.00 bits per heavy atom. The fourth-order valence-electron chi connectivity index (χ4n) is 3.61. The smallest absolute Gasteiger partial charge is 0.239 e. The van der Waals surface area contributed by atoms with Crippen molar-refractivity contribution in [2.75, 3.05) is 7.11 Å². The molecule has 3 aromatic rings. The van der Waals surface area contributed by atoms with E-state index in [0.29, 0.717) is 0 Å². The standard InChI is InChI=1S/C26H28O7/c1-14(2)8-7-9-15(3)12-13-17-20(28)23(31)21(29)19-22(30)26(32-4)25(33-24(17)19)16-10-5-6-11-18(16)27/h5-6,8,10-12,27-29,31H,7,9,13H2,1-4H3/b15-12+. The van der Waals surface area contributed by atoms with Crippen LogP contribution in [0.25, 0.3) is 22.3 Å². The molecule has 0 amide bonds. The van der Waals surface area contributed by atoms with Crippen LogP contribution >= 0.6 is 0 Å². The van der Waals surface area contributed by atoms with E-state index in [-0.39, 0.29) is 45.8 Å². The molecule has 7 heteroatoms. The van der Waals surface area contributed by atoms with Gasteiger partial charge in [-0.25, -0.2) is 0 Å². The maximum absolute atomic E-state index is 13.2. The summed E-state index contributed by atoms with van der Waals surface area (Å²) in [6, 6.07) is 6.26. The van der Waals surface area contributed by atoms with Crippen LogP contribution in [0.1, 0.15) is 39.2 Å². The Labute approximate surface area is 191 Å². The molecule has 0 saturated heterocycles. The van der Waals surface area contributed by atoms with Gasteiger partial charge in [0.2, 0.25) is 16.9 Å². The number of aromatic hydroxyl groups is 4. The molecular formula is C26H28O7. The first kappa shape index (κ1) is 23.8. The molecule has 1 heterocycles. The summed E-state index contributed by atoms with van der Waals surface area (Å²) in [5.41, 5.74) is 1.78. The highest BCUT2D eigenvalue weighted by Crippen LogP contribution is 2.46. The molecule has 0 fully saturated rings. The van der Waals surface area contributed by atoms with Crippen molar-refractivity contribution >= 4 is 11.0 Å². The van der Waals surface area contributed by atoms with Gasteiger partial charge in [0.25, 0.3) is 0 Å². The minimum absolute atomic E-state index is 0.0527. The van der Waals surface area contributed by atoms with Crippen molar-refractivity contribution in [2.24, 2.45) is 0 Å². The van der Waals surface area contributed by atoms with Crippen LogP contribution in [0.15, 0.2) is 56.8 Å². The second kappa shape index (κ2) is 9.73. The van der Waals surface area contributed by atoms with Crippen LogP contribution in [-0.2, 0) is 6.42 Å². The van der Waals surface area contributed by atoms with Crippen molar-refractivity contribution in [3.05, 3.63) is 63.4 Å². The summed E-state index contributed by atoms with van der Waals surface area (Å²) in [6.45, 7) is 6.01. The van der Waals surface area contributed by atoms with Crippen LogP contribution < -0.4 is 10.2 Å². The van der Waals surface area contributed by atoms with Crippen molar-refractivity contribution in [3.63, 3.8) is 0 Å². The fourth-order valence-corrected chi connectivity index (χ4v) is 3.61. The molecule has 7 nitrogen and oxygen atoms in total. The van der Waals surface area contributed by atoms with Crippen molar-refractivity contribution in [3.8, 4) is 40.1 Å². The molecule has 0 radical (unpaired) electrons. The average Bonchev–Trinajstić information content (AvgIpc) is 2.77. The molecule has 0 unspecified atom stereocenters. The minimum atomic E-state index is -0.808. The van der Waals surface area contributed by atoms with Gasteiger partial charge in [0.1, 0.15) is 16.7 Å². The Balaban J connectivity index is 2.25. The molecule has 2 aromatic carbocycles. The van der Waals surface area contributed by atoms with Gasteiger partial charge < -0.3 is 29.6 Å². The summed E-state index contributed by atoms with van der Waals surface area (Å²) in [4.78, 5) is 13.2. The highest BCUT2D eigenvalue weighted by molar-refractivity contribution is 5.94. The molecule has 0 aliphatic heterocycles. The Morgan fingerprint density at radius 3 is 2.33 bits per heavy atom. The van der Waals surface area contributed by atoms with E-state index in [1.54, 1.807) is 18.2 Å². The molecule has 0 bridgehead atoms. The second-order valence-corrected chi connectivity index (χ2v) is 8.11. The molecule has 174 valence electrons. The maximum atomic E-state index is 13.2. The number of allylic oxidation sites excluding steroid dienone is 4. The van der Waals surface area contributed by atoms with Crippen molar-refractivity contribution < 1.29 is 29.6 Å². The number of ether oxygens (including phenoxy) is 1. The number of fused-ring (bicyclic) bond motifs is 1. The molecule has 33 heavy (non-hydrogen) atoms. The molecule has 1 aromatic heterocycles. The first-order chi connectivity index (χ1) is 15.7. The van der Waals surface area contributed by atoms with E-state index in [0.717, 1.165) is 18.4 Å². The number of hydrogen-bond acceptors (Lipinski definition) is 7. The fraction of sp³-hybridized carbons (Fsp3) is 0.269. The van der Waals surface area contributed by atoms with Crippen LogP contribution in [0, 0.1) is 0 Å². The Hall–Kier alpha value is -3.87. The van der Waals surface area contributed by atoms with Gasteiger partial charge in [-0.2, -0.15) is 0 Å². The van der Waals surface area contributed by atoms with E-state index in [1.807, 2.05) is 26.8 Å². The third-order valence-electron chi connectivity index (χ3n) is 5.41. The van der Waals surface area contributed by atoms with Gasteiger partial charge in [-0.1, -0.05) is 35.4 Å². The molecular weight excluding hydrogens is 424 g/mol. The summed E-state index contributed by atoms with van der Waals surface area (Å²) in [6.07, 6.45) is 5.80. The Morgan fingerprint density at radius 2 is 1.70 bits per heavy atom. The van der Waals surface area contributed by atoms with Gasteiger partial charge >= 0.3 is 0 Å². The molecule has 4 N–H and O–H groups in total. The van der Waals surface area contributed by atoms with Gasteiger partial charge in [0.05, 0.1) is 12.7 Å². The van der Waals surface area contributed by atoms with Crippen molar-refractivity contribution in [1.82, 2.24) is 0 Å². The number of para-hydroxylation sites is 1. The normalized spacial score (nSPS) is 11.6. The summed E-state index contributed by atoms with van der Waals surface area (Å²) < 4.78 is 11.2. The third kappa shape index (κ3) is 4.67. The van der Waals surface area contributed by atoms with Crippen LogP contribution in [0.5, 0.6) is 28.7 Å². The zero-order chi connectivity index (χ0) is 24.3. The second-order valence-electron chi connectivity index (χ2n) is 8.11. The minimum Gasteiger partial charge on any atom is -0.507 e. The average molecular weight is 453 g/mol. The lowest BCUT2D eigenvalue weighted by molar-refractivity contribution is 0.365. The van der Waals surface area contributed by atoms with Gasteiger partial charge in [-0.15, -0.1) is 0 Å². The lowest BCUT2D eigenvalue weighted by atomic mass is 10.0. The molecule has 0 aliphatic carbocycles. The monoisotopic (exact) mass is 452 g/mol. The zero-order valence-corrected chi connectivity index (χ0v) is 19.1. The summed E-state index contributed by atoms with van der Waals surface area (Å²) >= 11 is 0. The Bertz CT molecular complexity index is 1310. The van der Waals surface area contributed by atoms with Gasteiger partial charge in [0.15, 0.2) is 17.3 Å². The Kier molecular flexibility index (Phi) is 7.01. The summed E-state index contributed by atoms with van der Waals surface area (Å²) in [5.74, 6) is -2.62. The number of hydrogen-bond donors (Lipinski definition) is 4. The lowest BCUT2D eigenvalue weighted by Crippen LogP contribution is -2.09. The van der Waals surface area contributed by atoms with Crippen LogP contribution in [0.2, 0.25) is 0 Å². The van der Waals surface area contributed by atoms with Crippen molar-refractivity contribution in [1.29, 1.82) is 0 Å². The lowest BCUT2D eigenvalue weighted by Gasteiger charge is -2.15. The van der Waals surface area contributed by atoms with E-state index < -0.39 is 22.7 Å². The molecule has 0 aliphatic rings. The summed E-state index contributed by atoms with van der Waals surface area (Å²) in [5, 5.41) is 41.3.